The molecule has 3 rings (SSSR count). The van der Waals surface area contributed by atoms with E-state index in [0.717, 1.165) is 16.5 Å². The van der Waals surface area contributed by atoms with Gasteiger partial charge in [0.05, 0.1) is 19.1 Å². The van der Waals surface area contributed by atoms with Crippen molar-refractivity contribution in [1.82, 2.24) is 5.16 Å². The molecule has 0 atom stereocenters. The van der Waals surface area contributed by atoms with Crippen molar-refractivity contribution >= 4 is 28.5 Å². The molecule has 6 nitrogen and oxygen atoms in total. The molecule has 1 N–H and O–H groups in total. The normalized spacial score (nSPS) is 10.7. The number of benzene rings is 2. The zero-order valence-electron chi connectivity index (χ0n) is 14.3. The number of hydrogen-bond acceptors (Lipinski definition) is 5. The number of anilines is 1. The van der Waals surface area contributed by atoms with Gasteiger partial charge in [-0.05, 0) is 49.2 Å². The van der Waals surface area contributed by atoms with E-state index < -0.39 is 5.97 Å². The van der Waals surface area contributed by atoms with E-state index in [4.69, 9.17) is 4.52 Å². The number of aromatic nitrogens is 1. The molecule has 1 amide bonds. The molecule has 0 aliphatic rings. The third-order valence-electron chi connectivity index (χ3n) is 3.88. The average Bonchev–Trinajstić information content (AvgIpc) is 2.97. The van der Waals surface area contributed by atoms with Crippen molar-refractivity contribution in [3.05, 3.63) is 58.8 Å². The van der Waals surface area contributed by atoms with Gasteiger partial charge in [-0.2, -0.15) is 0 Å². The molecule has 0 saturated heterocycles. The number of nitrogens with zero attached hydrogens (tertiary/aromatic N) is 1. The fraction of sp³-hybridized carbons (Fsp3) is 0.211. The minimum absolute atomic E-state index is 0.0827. The maximum absolute atomic E-state index is 12.3. The standard InChI is InChI=1S/C19H18N2O4/c1-11-7-12(2)18-15(21-25-16(18)8-11)10-17(22)20-14-6-4-5-13(9-14)19(23)24-3/h4-9H,10H2,1-3H3,(H,20,22). The number of hydrogen-bond donors (Lipinski definition) is 1. The second-order valence-corrected chi connectivity index (χ2v) is 5.88. The highest BCUT2D eigenvalue weighted by Gasteiger charge is 2.15. The van der Waals surface area contributed by atoms with Crippen LogP contribution in [0.25, 0.3) is 11.0 Å². The number of fused-ring (bicyclic) bond motifs is 1. The number of amides is 1. The molecule has 0 aliphatic carbocycles. The SMILES string of the molecule is COC(=O)c1cccc(NC(=O)Cc2noc3cc(C)cc(C)c23)c1. The van der Waals surface area contributed by atoms with Gasteiger partial charge in [-0.15, -0.1) is 0 Å². The van der Waals surface area contributed by atoms with Crippen molar-refractivity contribution in [2.75, 3.05) is 12.4 Å². The molecule has 0 unspecified atom stereocenters. The first-order valence-electron chi connectivity index (χ1n) is 7.81. The molecule has 2 aromatic carbocycles. The Kier molecular flexibility index (Phi) is 4.52. The number of rotatable bonds is 4. The van der Waals surface area contributed by atoms with Crippen LogP contribution in [0.4, 0.5) is 5.69 Å². The minimum Gasteiger partial charge on any atom is -0.465 e. The lowest BCUT2D eigenvalue weighted by Gasteiger charge is -2.06. The lowest BCUT2D eigenvalue weighted by Crippen LogP contribution is -2.15. The Bertz CT molecular complexity index is 959. The molecule has 3 aromatic rings. The van der Waals surface area contributed by atoms with Gasteiger partial charge in [0.15, 0.2) is 5.58 Å². The zero-order chi connectivity index (χ0) is 18.0. The highest BCUT2D eigenvalue weighted by molar-refractivity contribution is 5.97. The van der Waals surface area contributed by atoms with E-state index in [1.807, 2.05) is 26.0 Å². The van der Waals surface area contributed by atoms with Gasteiger partial charge in [-0.3, -0.25) is 4.79 Å². The second-order valence-electron chi connectivity index (χ2n) is 5.88. The topological polar surface area (TPSA) is 81.4 Å². The average molecular weight is 338 g/mol. The molecule has 6 heteroatoms. The molecule has 0 bridgehead atoms. The summed E-state index contributed by atoms with van der Waals surface area (Å²) in [6.45, 7) is 3.95. The van der Waals surface area contributed by atoms with Crippen LogP contribution < -0.4 is 5.32 Å². The largest absolute Gasteiger partial charge is 0.465 e. The van der Waals surface area contributed by atoms with Crippen molar-refractivity contribution < 1.29 is 18.8 Å². The van der Waals surface area contributed by atoms with Crippen molar-refractivity contribution in [1.29, 1.82) is 0 Å². The van der Waals surface area contributed by atoms with Gasteiger partial charge in [0, 0.05) is 11.1 Å². The number of carbonyl (C=O) groups excluding carboxylic acids is 2. The summed E-state index contributed by atoms with van der Waals surface area (Å²) in [5, 5.41) is 7.66. The Morgan fingerprint density at radius 3 is 2.76 bits per heavy atom. The molecule has 1 heterocycles. The third kappa shape index (κ3) is 3.52. The van der Waals surface area contributed by atoms with Crippen LogP contribution in [-0.2, 0) is 16.0 Å². The number of methoxy groups -OCH3 is 1. The molecule has 1 aromatic heterocycles. The van der Waals surface area contributed by atoms with Gasteiger partial charge in [0.2, 0.25) is 5.91 Å². The summed E-state index contributed by atoms with van der Waals surface area (Å²) in [6.07, 6.45) is 0.0827. The van der Waals surface area contributed by atoms with E-state index in [1.54, 1.807) is 24.3 Å². The fourth-order valence-electron chi connectivity index (χ4n) is 2.84. The maximum Gasteiger partial charge on any atom is 0.337 e. The highest BCUT2D eigenvalue weighted by atomic mass is 16.5. The van der Waals surface area contributed by atoms with E-state index >= 15 is 0 Å². The van der Waals surface area contributed by atoms with Crippen molar-refractivity contribution in [3.63, 3.8) is 0 Å². The van der Waals surface area contributed by atoms with Gasteiger partial charge in [0.1, 0.15) is 5.69 Å². The van der Waals surface area contributed by atoms with Gasteiger partial charge < -0.3 is 14.6 Å². The van der Waals surface area contributed by atoms with Crippen LogP contribution in [0, 0.1) is 13.8 Å². The summed E-state index contributed by atoms with van der Waals surface area (Å²) in [6, 6.07) is 10.5. The predicted octanol–water partition coefficient (Wildman–Crippen LogP) is 3.41. The summed E-state index contributed by atoms with van der Waals surface area (Å²) in [5.74, 6) is -0.693. The molecule has 0 fully saturated rings. The van der Waals surface area contributed by atoms with Crippen LogP contribution in [0.1, 0.15) is 27.2 Å². The first kappa shape index (κ1) is 16.7. The fourth-order valence-corrected chi connectivity index (χ4v) is 2.84. The maximum atomic E-state index is 12.3. The highest BCUT2D eigenvalue weighted by Crippen LogP contribution is 2.24. The van der Waals surface area contributed by atoms with E-state index in [1.165, 1.54) is 7.11 Å². The van der Waals surface area contributed by atoms with Crippen LogP contribution in [0.15, 0.2) is 40.9 Å². The Balaban J connectivity index is 1.79. The van der Waals surface area contributed by atoms with Crippen molar-refractivity contribution in [3.8, 4) is 0 Å². The lowest BCUT2D eigenvalue weighted by molar-refractivity contribution is -0.115. The van der Waals surface area contributed by atoms with E-state index in [9.17, 15) is 9.59 Å². The van der Waals surface area contributed by atoms with E-state index in [0.29, 0.717) is 22.5 Å². The van der Waals surface area contributed by atoms with Crippen LogP contribution in [-0.4, -0.2) is 24.1 Å². The lowest BCUT2D eigenvalue weighted by atomic mass is 10.0. The predicted molar refractivity (Wildman–Crippen MR) is 93.6 cm³/mol. The van der Waals surface area contributed by atoms with E-state index in [-0.39, 0.29) is 12.3 Å². The minimum atomic E-state index is -0.454. The quantitative estimate of drug-likeness (QED) is 0.737. The van der Waals surface area contributed by atoms with Gasteiger partial charge in [-0.25, -0.2) is 4.79 Å². The van der Waals surface area contributed by atoms with Crippen LogP contribution in [0.3, 0.4) is 0 Å². The van der Waals surface area contributed by atoms with Gasteiger partial charge in [0.25, 0.3) is 0 Å². The number of carbonyl (C=O) groups is 2. The van der Waals surface area contributed by atoms with Crippen LogP contribution in [0.2, 0.25) is 0 Å². The first-order valence-corrected chi connectivity index (χ1v) is 7.81. The van der Waals surface area contributed by atoms with Crippen LogP contribution in [0.5, 0.6) is 0 Å². The number of esters is 1. The molecule has 0 aliphatic heterocycles. The molecule has 0 spiro atoms. The Hall–Kier alpha value is -3.15. The molecular weight excluding hydrogens is 320 g/mol. The first-order chi connectivity index (χ1) is 12.0. The summed E-state index contributed by atoms with van der Waals surface area (Å²) >= 11 is 0. The number of nitrogens with one attached hydrogen (secondary N) is 1. The molecule has 0 saturated carbocycles. The molecule has 128 valence electrons. The molecule has 25 heavy (non-hydrogen) atoms. The van der Waals surface area contributed by atoms with E-state index in [2.05, 4.69) is 15.2 Å². The summed E-state index contributed by atoms with van der Waals surface area (Å²) in [4.78, 5) is 23.9. The Labute approximate surface area is 144 Å². The Morgan fingerprint density at radius 1 is 1.20 bits per heavy atom. The molecular formula is C19H18N2O4. The smallest absolute Gasteiger partial charge is 0.337 e. The van der Waals surface area contributed by atoms with Gasteiger partial charge in [-0.1, -0.05) is 17.3 Å². The Morgan fingerprint density at radius 2 is 2.00 bits per heavy atom. The summed E-state index contributed by atoms with van der Waals surface area (Å²) < 4.78 is 10.0. The number of aryl methyl sites for hydroxylation is 2. The monoisotopic (exact) mass is 338 g/mol. The van der Waals surface area contributed by atoms with Crippen molar-refractivity contribution in [2.24, 2.45) is 0 Å². The number of ether oxygens (including phenoxy) is 1. The van der Waals surface area contributed by atoms with Gasteiger partial charge >= 0.3 is 5.97 Å². The molecule has 0 radical (unpaired) electrons. The van der Waals surface area contributed by atoms with Crippen LogP contribution >= 0.6 is 0 Å². The third-order valence-corrected chi connectivity index (χ3v) is 3.88. The zero-order valence-corrected chi connectivity index (χ0v) is 14.3. The summed E-state index contributed by atoms with van der Waals surface area (Å²) in [7, 11) is 1.31. The second kappa shape index (κ2) is 6.76. The summed E-state index contributed by atoms with van der Waals surface area (Å²) in [5.41, 5.74) is 4.26. The van der Waals surface area contributed by atoms with Crippen molar-refractivity contribution in [2.45, 2.75) is 20.3 Å².